The molecule has 2 amide bonds. The highest BCUT2D eigenvalue weighted by molar-refractivity contribution is 8.00. The topological polar surface area (TPSA) is 67.4 Å². The predicted octanol–water partition coefficient (Wildman–Crippen LogP) is 5.38. The van der Waals surface area contributed by atoms with Gasteiger partial charge >= 0.3 is 0 Å². The Morgan fingerprint density at radius 3 is 2.40 bits per heavy atom. The largest absolute Gasteiger partial charge is 0.494 e. The van der Waals surface area contributed by atoms with Gasteiger partial charge in [0.2, 0.25) is 5.91 Å². The molecule has 0 spiro atoms. The quantitative estimate of drug-likeness (QED) is 0.480. The van der Waals surface area contributed by atoms with Crippen molar-refractivity contribution >= 4 is 35.0 Å². The fourth-order valence-corrected chi connectivity index (χ4v) is 3.59. The van der Waals surface area contributed by atoms with E-state index < -0.39 is 0 Å². The van der Waals surface area contributed by atoms with Crippen LogP contribution in [0.1, 0.15) is 22.8 Å². The summed E-state index contributed by atoms with van der Waals surface area (Å²) >= 11 is 1.41. The van der Waals surface area contributed by atoms with E-state index >= 15 is 0 Å². The molecule has 0 unspecified atom stereocenters. The maximum absolute atomic E-state index is 12.5. The van der Waals surface area contributed by atoms with Crippen molar-refractivity contribution in [1.29, 1.82) is 0 Å². The highest BCUT2D eigenvalue weighted by Gasteiger charge is 2.09. The first-order valence-electron chi connectivity index (χ1n) is 9.67. The number of rotatable bonds is 8. The van der Waals surface area contributed by atoms with Crippen LogP contribution in [0.5, 0.6) is 5.75 Å². The second-order valence-corrected chi connectivity index (χ2v) is 7.64. The van der Waals surface area contributed by atoms with E-state index in [0.29, 0.717) is 17.9 Å². The fourth-order valence-electron chi connectivity index (χ4n) is 2.84. The molecule has 0 saturated heterocycles. The first-order valence-corrected chi connectivity index (χ1v) is 10.7. The summed E-state index contributed by atoms with van der Waals surface area (Å²) in [5, 5.41) is 5.79. The molecule has 0 aliphatic rings. The molecule has 2 N–H and O–H groups in total. The van der Waals surface area contributed by atoms with Gasteiger partial charge in [0, 0.05) is 21.8 Å². The van der Waals surface area contributed by atoms with Crippen LogP contribution in [0.15, 0.2) is 77.7 Å². The maximum atomic E-state index is 12.5. The van der Waals surface area contributed by atoms with E-state index in [1.54, 1.807) is 6.07 Å². The Balaban J connectivity index is 1.54. The molecule has 0 bridgehead atoms. The van der Waals surface area contributed by atoms with Crippen molar-refractivity contribution in [3.8, 4) is 5.75 Å². The second-order valence-electron chi connectivity index (χ2n) is 6.59. The van der Waals surface area contributed by atoms with Crippen LogP contribution >= 0.6 is 11.8 Å². The normalized spacial score (nSPS) is 10.3. The van der Waals surface area contributed by atoms with Crippen molar-refractivity contribution in [3.05, 3.63) is 83.9 Å². The Morgan fingerprint density at radius 2 is 1.67 bits per heavy atom. The number of ether oxygens (including phenoxy) is 1. The Labute approximate surface area is 180 Å². The van der Waals surface area contributed by atoms with Gasteiger partial charge in [-0.05, 0) is 67.9 Å². The number of hydrogen-bond acceptors (Lipinski definition) is 4. The van der Waals surface area contributed by atoms with E-state index in [0.717, 1.165) is 21.9 Å². The van der Waals surface area contributed by atoms with Crippen LogP contribution in [0.25, 0.3) is 0 Å². The summed E-state index contributed by atoms with van der Waals surface area (Å²) in [6.07, 6.45) is 0. The van der Waals surface area contributed by atoms with E-state index in [-0.39, 0.29) is 17.6 Å². The van der Waals surface area contributed by atoms with Crippen molar-refractivity contribution in [2.24, 2.45) is 0 Å². The van der Waals surface area contributed by atoms with Crippen molar-refractivity contribution in [2.45, 2.75) is 18.7 Å². The van der Waals surface area contributed by atoms with Gasteiger partial charge in [-0.15, -0.1) is 11.8 Å². The number of anilines is 2. The lowest BCUT2D eigenvalue weighted by Crippen LogP contribution is -2.14. The maximum Gasteiger partial charge on any atom is 0.255 e. The highest BCUT2D eigenvalue weighted by Crippen LogP contribution is 2.23. The minimum atomic E-state index is -0.150. The molecule has 3 aromatic rings. The fraction of sp³-hybridized carbons (Fsp3) is 0.167. The smallest absolute Gasteiger partial charge is 0.255 e. The minimum absolute atomic E-state index is 0.0986. The molecule has 0 aliphatic carbocycles. The summed E-state index contributed by atoms with van der Waals surface area (Å²) in [7, 11) is 0. The third kappa shape index (κ3) is 6.12. The van der Waals surface area contributed by atoms with Crippen molar-refractivity contribution in [3.63, 3.8) is 0 Å². The van der Waals surface area contributed by atoms with Crippen LogP contribution < -0.4 is 15.4 Å². The molecule has 154 valence electrons. The molecule has 0 fully saturated rings. The Bertz CT molecular complexity index is 1020. The summed E-state index contributed by atoms with van der Waals surface area (Å²) in [6, 6.07) is 22.2. The van der Waals surface area contributed by atoms with Gasteiger partial charge in [0.1, 0.15) is 5.75 Å². The Hall–Kier alpha value is -3.25. The molecule has 0 radical (unpaired) electrons. The number of thioether (sulfide) groups is 1. The van der Waals surface area contributed by atoms with Gasteiger partial charge in [0.05, 0.1) is 12.4 Å². The third-order valence-corrected chi connectivity index (χ3v) is 5.29. The summed E-state index contributed by atoms with van der Waals surface area (Å²) in [4.78, 5) is 25.6. The number of amides is 2. The third-order valence-electron chi connectivity index (χ3n) is 4.30. The molecular weight excluding hydrogens is 396 g/mol. The van der Waals surface area contributed by atoms with Crippen LogP contribution in [-0.4, -0.2) is 24.2 Å². The van der Waals surface area contributed by atoms with Crippen molar-refractivity contribution in [1.82, 2.24) is 0 Å². The van der Waals surface area contributed by atoms with E-state index in [1.807, 2.05) is 80.6 Å². The molecule has 6 heteroatoms. The van der Waals surface area contributed by atoms with Gasteiger partial charge in [-0.1, -0.05) is 24.3 Å². The minimum Gasteiger partial charge on any atom is -0.494 e. The molecule has 30 heavy (non-hydrogen) atoms. The monoisotopic (exact) mass is 420 g/mol. The lowest BCUT2D eigenvalue weighted by molar-refractivity contribution is -0.113. The number of benzene rings is 3. The number of hydrogen-bond donors (Lipinski definition) is 2. The van der Waals surface area contributed by atoms with Gasteiger partial charge < -0.3 is 15.4 Å². The summed E-state index contributed by atoms with van der Waals surface area (Å²) in [6.45, 7) is 4.44. The summed E-state index contributed by atoms with van der Waals surface area (Å²) in [5.41, 5.74) is 2.99. The Kier molecular flexibility index (Phi) is 7.51. The molecule has 0 heterocycles. The van der Waals surface area contributed by atoms with E-state index in [1.165, 1.54) is 11.8 Å². The number of carbonyl (C=O) groups excluding carboxylic acids is 2. The standard InChI is InChI=1S/C24H24N2O3S/c1-3-29-20-13-11-18(12-14-20)25-23(27)16-30-21-9-6-8-19(15-21)26-24(28)22-10-5-4-7-17(22)2/h4-15H,3,16H2,1-2H3,(H,25,27)(H,26,28). The van der Waals surface area contributed by atoms with E-state index in [2.05, 4.69) is 10.6 Å². The van der Waals surface area contributed by atoms with E-state index in [4.69, 9.17) is 4.74 Å². The first kappa shape index (κ1) is 21.5. The van der Waals surface area contributed by atoms with Crippen LogP contribution in [-0.2, 0) is 4.79 Å². The molecule has 3 rings (SSSR count). The van der Waals surface area contributed by atoms with Crippen molar-refractivity contribution < 1.29 is 14.3 Å². The lowest BCUT2D eigenvalue weighted by atomic mass is 10.1. The molecular formula is C24H24N2O3S. The summed E-state index contributed by atoms with van der Waals surface area (Å²) < 4.78 is 5.40. The van der Waals surface area contributed by atoms with Gasteiger partial charge in [-0.3, -0.25) is 9.59 Å². The molecule has 5 nitrogen and oxygen atoms in total. The molecule has 0 atom stereocenters. The molecule has 0 aliphatic heterocycles. The van der Waals surface area contributed by atoms with Crippen LogP contribution in [0, 0.1) is 6.92 Å². The van der Waals surface area contributed by atoms with Crippen LogP contribution in [0.2, 0.25) is 0 Å². The SMILES string of the molecule is CCOc1ccc(NC(=O)CSc2cccc(NC(=O)c3ccccc3C)c2)cc1. The number of carbonyl (C=O) groups is 2. The number of aryl methyl sites for hydroxylation is 1. The zero-order valence-corrected chi connectivity index (χ0v) is 17.8. The molecule has 0 aromatic heterocycles. The second kappa shape index (κ2) is 10.5. The first-order chi connectivity index (χ1) is 14.5. The average molecular weight is 421 g/mol. The van der Waals surface area contributed by atoms with E-state index in [9.17, 15) is 9.59 Å². The zero-order valence-electron chi connectivity index (χ0n) is 17.0. The number of nitrogens with one attached hydrogen (secondary N) is 2. The summed E-state index contributed by atoms with van der Waals surface area (Å²) in [5.74, 6) is 0.791. The van der Waals surface area contributed by atoms with Gasteiger partial charge in [0.15, 0.2) is 0 Å². The van der Waals surface area contributed by atoms with Gasteiger partial charge in [-0.25, -0.2) is 0 Å². The van der Waals surface area contributed by atoms with Crippen LogP contribution in [0.4, 0.5) is 11.4 Å². The van der Waals surface area contributed by atoms with Crippen molar-refractivity contribution in [2.75, 3.05) is 23.0 Å². The lowest BCUT2D eigenvalue weighted by Gasteiger charge is -2.09. The zero-order chi connectivity index (χ0) is 21.3. The Morgan fingerprint density at radius 1 is 0.900 bits per heavy atom. The molecule has 3 aromatic carbocycles. The highest BCUT2D eigenvalue weighted by atomic mass is 32.2. The van der Waals surface area contributed by atoms with Gasteiger partial charge in [-0.2, -0.15) is 0 Å². The van der Waals surface area contributed by atoms with Gasteiger partial charge in [0.25, 0.3) is 5.91 Å². The van der Waals surface area contributed by atoms with Crippen LogP contribution in [0.3, 0.4) is 0 Å². The predicted molar refractivity (Wildman–Crippen MR) is 123 cm³/mol. The average Bonchev–Trinajstić information content (AvgIpc) is 2.74. The molecule has 0 saturated carbocycles.